The van der Waals surface area contributed by atoms with Crippen molar-refractivity contribution in [1.82, 2.24) is 19.8 Å². The minimum absolute atomic E-state index is 0.0377. The van der Waals surface area contributed by atoms with Gasteiger partial charge in [-0.1, -0.05) is 49.7 Å². The zero-order chi connectivity index (χ0) is 25.9. The molecule has 2 aromatic carbocycles. The lowest BCUT2D eigenvalue weighted by Gasteiger charge is -2.24. The van der Waals surface area contributed by atoms with Crippen molar-refractivity contribution < 1.29 is 9.90 Å². The van der Waals surface area contributed by atoms with Crippen molar-refractivity contribution in [3.63, 3.8) is 0 Å². The second kappa shape index (κ2) is 10.5. The summed E-state index contributed by atoms with van der Waals surface area (Å²) in [6, 6.07) is 20.2. The lowest BCUT2D eigenvalue weighted by molar-refractivity contribution is 0.0689. The summed E-state index contributed by atoms with van der Waals surface area (Å²) in [6.45, 7) is 8.60. The topological polar surface area (TPSA) is 83.6 Å². The highest BCUT2D eigenvalue weighted by Crippen LogP contribution is 2.33. The van der Waals surface area contributed by atoms with E-state index >= 15 is 0 Å². The van der Waals surface area contributed by atoms with E-state index in [1.165, 1.54) is 34.2 Å². The second-order valence-electron chi connectivity index (χ2n) is 8.97. The third-order valence-corrected chi connectivity index (χ3v) is 7.55. The molecule has 3 heterocycles. The number of rotatable bonds is 9. The van der Waals surface area contributed by atoms with Gasteiger partial charge in [0.05, 0.1) is 5.22 Å². The minimum atomic E-state index is -1.09. The molecule has 0 radical (unpaired) electrons. The molecule has 0 aliphatic carbocycles. The van der Waals surface area contributed by atoms with Crippen LogP contribution >= 0.6 is 11.3 Å². The molecule has 0 unspecified atom stereocenters. The predicted molar refractivity (Wildman–Crippen MR) is 149 cm³/mol. The highest BCUT2D eigenvalue weighted by molar-refractivity contribution is 7.16. The van der Waals surface area contributed by atoms with E-state index in [9.17, 15) is 9.90 Å². The Hall–Kier alpha value is -4.04. The minimum Gasteiger partial charge on any atom is -0.476 e. The molecule has 0 aliphatic heterocycles. The maximum Gasteiger partial charge on any atom is 0.357 e. The molecule has 0 fully saturated rings. The first-order chi connectivity index (χ1) is 18.0. The number of unbranched alkanes of at least 4 members (excludes halogenated alkanes) is 1. The van der Waals surface area contributed by atoms with Crippen molar-refractivity contribution in [2.75, 3.05) is 18.0 Å². The maximum atomic E-state index is 12.0. The lowest BCUT2D eigenvalue weighted by Crippen LogP contribution is -2.23. The standard InChI is InChI=1S/C29H29N5O2S/c1-4-6-16-33(5-2)21-12-14-23(19(3)17-21)25-15-13-22(37-25)18-24-26(29(35)36)32-34-27(30-31-28(24)34)20-10-8-7-9-11-20/h7-15,17-18H,4-6,16H2,1-3H3,(H,35,36)/b24-18-. The van der Waals surface area contributed by atoms with Crippen LogP contribution in [0.3, 0.4) is 0 Å². The molecule has 37 heavy (non-hydrogen) atoms. The fourth-order valence-electron chi connectivity index (χ4n) is 4.52. The number of benzene rings is 2. The van der Waals surface area contributed by atoms with Crippen LogP contribution in [0.5, 0.6) is 0 Å². The molecular weight excluding hydrogens is 482 g/mol. The zero-order valence-corrected chi connectivity index (χ0v) is 22.0. The number of aromatic carboxylic acids is 1. The van der Waals surface area contributed by atoms with Crippen LogP contribution in [0.1, 0.15) is 47.6 Å². The number of anilines is 1. The molecule has 1 N–H and O–H groups in total. The van der Waals surface area contributed by atoms with Crippen molar-refractivity contribution in [3.05, 3.63) is 82.0 Å². The molecule has 0 amide bonds. The Morgan fingerprint density at radius 1 is 1.08 bits per heavy atom. The van der Waals surface area contributed by atoms with Crippen LogP contribution in [0.25, 0.3) is 33.6 Å². The highest BCUT2D eigenvalue weighted by atomic mass is 32.1. The fraction of sp³-hybridized carbons (Fsp3) is 0.241. The Morgan fingerprint density at radius 2 is 1.89 bits per heavy atom. The van der Waals surface area contributed by atoms with Crippen molar-refractivity contribution in [1.29, 1.82) is 0 Å². The van der Waals surface area contributed by atoms with Gasteiger partial charge in [-0.25, -0.2) is 4.79 Å². The lowest BCUT2D eigenvalue weighted by atomic mass is 10.1. The molecule has 188 valence electrons. The van der Waals surface area contributed by atoms with Crippen LogP contribution < -0.4 is 10.1 Å². The average Bonchev–Trinajstić information content (AvgIpc) is 3.62. The van der Waals surface area contributed by atoms with E-state index in [0.29, 0.717) is 16.7 Å². The summed E-state index contributed by atoms with van der Waals surface area (Å²) in [5.41, 5.74) is 4.86. The van der Waals surface area contributed by atoms with Crippen LogP contribution in [-0.4, -0.2) is 44.0 Å². The number of carboxylic acids is 1. The van der Waals surface area contributed by atoms with E-state index in [2.05, 4.69) is 65.2 Å². The molecule has 3 aromatic heterocycles. The predicted octanol–water partition coefficient (Wildman–Crippen LogP) is 5.70. The van der Waals surface area contributed by atoms with E-state index in [1.807, 2.05) is 42.5 Å². The molecule has 0 spiro atoms. The van der Waals surface area contributed by atoms with E-state index in [-0.39, 0.29) is 5.69 Å². The first kappa shape index (κ1) is 24.6. The summed E-state index contributed by atoms with van der Waals surface area (Å²) < 4.78 is 1.51. The number of hydrogen-bond acceptors (Lipinski definition) is 6. The first-order valence-electron chi connectivity index (χ1n) is 12.5. The van der Waals surface area contributed by atoms with Crippen molar-refractivity contribution in [3.8, 4) is 21.8 Å². The molecule has 0 saturated heterocycles. The third kappa shape index (κ3) is 4.84. The van der Waals surface area contributed by atoms with E-state index in [1.54, 1.807) is 11.3 Å². The summed E-state index contributed by atoms with van der Waals surface area (Å²) in [6.07, 6.45) is 4.20. The van der Waals surface area contributed by atoms with Gasteiger partial charge in [0.2, 0.25) is 0 Å². The highest BCUT2D eigenvalue weighted by Gasteiger charge is 2.20. The van der Waals surface area contributed by atoms with Gasteiger partial charge in [0.25, 0.3) is 0 Å². The number of carboxylic acid groups (broad SMARTS) is 1. The molecule has 7 nitrogen and oxygen atoms in total. The average molecular weight is 512 g/mol. The van der Waals surface area contributed by atoms with Gasteiger partial charge in [0.15, 0.2) is 17.2 Å². The molecular formula is C29H29N5O2S. The summed E-state index contributed by atoms with van der Waals surface area (Å²) in [4.78, 5) is 16.5. The smallest absolute Gasteiger partial charge is 0.357 e. The number of aryl methyl sites for hydroxylation is 1. The molecule has 0 bridgehead atoms. The van der Waals surface area contributed by atoms with E-state index < -0.39 is 5.97 Å². The van der Waals surface area contributed by atoms with Crippen molar-refractivity contribution >= 4 is 34.7 Å². The summed E-state index contributed by atoms with van der Waals surface area (Å²) in [5, 5.41) is 23.2. The van der Waals surface area contributed by atoms with Gasteiger partial charge in [-0.2, -0.15) is 9.61 Å². The Bertz CT molecular complexity index is 1610. The fourth-order valence-corrected chi connectivity index (χ4v) is 5.56. The van der Waals surface area contributed by atoms with Crippen LogP contribution in [0.15, 0.2) is 60.7 Å². The van der Waals surface area contributed by atoms with Gasteiger partial charge in [0, 0.05) is 34.1 Å². The summed E-state index contributed by atoms with van der Waals surface area (Å²) >= 11 is 1.62. The largest absolute Gasteiger partial charge is 0.476 e. The summed E-state index contributed by atoms with van der Waals surface area (Å²) in [5.74, 6) is -0.581. The second-order valence-corrected chi connectivity index (χ2v) is 10.1. The monoisotopic (exact) mass is 511 g/mol. The van der Waals surface area contributed by atoms with Crippen LogP contribution in [-0.2, 0) is 0 Å². The number of hydrogen-bond donors (Lipinski definition) is 1. The van der Waals surface area contributed by atoms with E-state index in [4.69, 9.17) is 0 Å². The van der Waals surface area contributed by atoms with Gasteiger partial charge in [-0.3, -0.25) is 0 Å². The van der Waals surface area contributed by atoms with Gasteiger partial charge < -0.3 is 10.0 Å². The number of thiophene rings is 1. The Labute approximate surface area is 219 Å². The summed E-state index contributed by atoms with van der Waals surface area (Å²) in [7, 11) is 0. The SMILES string of the molecule is CCCCN(CC)c1ccc(-c2ccc(/C=c3/c(C(=O)O)nn4c(-c5ccccc5)nnc34)s2)c(C)c1. The molecule has 8 heteroatoms. The van der Waals surface area contributed by atoms with E-state index in [0.717, 1.165) is 28.4 Å². The first-order valence-corrected chi connectivity index (χ1v) is 13.3. The number of carbonyl (C=O) groups is 1. The molecule has 5 rings (SSSR count). The van der Waals surface area contributed by atoms with Gasteiger partial charge in [-0.15, -0.1) is 21.5 Å². The zero-order valence-electron chi connectivity index (χ0n) is 21.2. The van der Waals surface area contributed by atoms with Gasteiger partial charge >= 0.3 is 5.97 Å². The molecule has 0 atom stereocenters. The van der Waals surface area contributed by atoms with Crippen LogP contribution in [0.2, 0.25) is 0 Å². The number of fused-ring (bicyclic) bond motifs is 1. The maximum absolute atomic E-state index is 12.0. The normalized spacial score (nSPS) is 11.9. The Morgan fingerprint density at radius 3 is 2.59 bits per heavy atom. The number of nitrogens with zero attached hydrogens (tertiary/aromatic N) is 5. The van der Waals surface area contributed by atoms with Crippen LogP contribution in [0, 0.1) is 6.92 Å². The van der Waals surface area contributed by atoms with Gasteiger partial charge in [-0.05, 0) is 61.7 Å². The Balaban J connectivity index is 1.51. The van der Waals surface area contributed by atoms with Crippen molar-refractivity contribution in [2.24, 2.45) is 0 Å². The molecule has 0 aliphatic rings. The molecule has 5 aromatic rings. The third-order valence-electron chi connectivity index (χ3n) is 6.49. The quantitative estimate of drug-likeness (QED) is 0.273. The number of aromatic nitrogens is 4. The van der Waals surface area contributed by atoms with Crippen molar-refractivity contribution in [2.45, 2.75) is 33.6 Å². The van der Waals surface area contributed by atoms with Gasteiger partial charge in [0.1, 0.15) is 0 Å². The Kier molecular flexibility index (Phi) is 7.01. The van der Waals surface area contributed by atoms with Crippen LogP contribution in [0.4, 0.5) is 5.69 Å². The molecule has 0 saturated carbocycles.